The predicted molar refractivity (Wildman–Crippen MR) is 147 cm³/mol. The number of amidine groups is 1. The molecule has 170 valence electrons. The van der Waals surface area contributed by atoms with E-state index in [9.17, 15) is 4.79 Å². The quantitative estimate of drug-likeness (QED) is 0.265. The van der Waals surface area contributed by atoms with Crippen LogP contribution in [0.15, 0.2) is 107 Å². The highest BCUT2D eigenvalue weighted by molar-refractivity contribution is 8.18. The van der Waals surface area contributed by atoms with E-state index in [0.29, 0.717) is 16.6 Å². The van der Waals surface area contributed by atoms with Crippen molar-refractivity contribution in [1.29, 1.82) is 0 Å². The zero-order chi connectivity index (χ0) is 23.8. The van der Waals surface area contributed by atoms with E-state index < -0.39 is 0 Å². The van der Waals surface area contributed by atoms with Gasteiger partial charge in [0.25, 0.3) is 5.91 Å². The van der Waals surface area contributed by atoms with Crippen LogP contribution in [0, 0.1) is 0 Å². The van der Waals surface area contributed by atoms with E-state index in [1.54, 1.807) is 0 Å². The van der Waals surface area contributed by atoms with Gasteiger partial charge < -0.3 is 9.88 Å². The number of halogens is 1. The Balaban J connectivity index is 1.34. The molecule has 6 rings (SSSR count). The molecule has 0 unspecified atom stereocenters. The summed E-state index contributed by atoms with van der Waals surface area (Å²) in [6, 6.07) is 30.2. The number of carbonyl (C=O) groups is 1. The molecule has 1 aliphatic rings. The van der Waals surface area contributed by atoms with E-state index in [-0.39, 0.29) is 5.91 Å². The second kappa shape index (κ2) is 9.10. The average Bonchev–Trinajstić information content (AvgIpc) is 3.40. The van der Waals surface area contributed by atoms with Gasteiger partial charge in [0.2, 0.25) is 0 Å². The van der Waals surface area contributed by atoms with Gasteiger partial charge in [0.15, 0.2) is 5.17 Å². The van der Waals surface area contributed by atoms with Gasteiger partial charge >= 0.3 is 0 Å². The number of aromatic nitrogens is 1. The number of hydrogen-bond donors (Lipinski definition) is 1. The Morgan fingerprint density at radius 3 is 2.49 bits per heavy atom. The summed E-state index contributed by atoms with van der Waals surface area (Å²) in [5.74, 6) is -0.136. The zero-order valence-corrected chi connectivity index (χ0v) is 20.2. The topological polar surface area (TPSA) is 46.4 Å². The number of nitrogens with one attached hydrogen (secondary N) is 1. The number of para-hydroxylation sites is 1. The maximum absolute atomic E-state index is 12.8. The standard InChI is InChI=1S/C29H20ClN3OS/c30-22-14-12-19(13-15-22)17-33-18-21(24-9-3-4-11-26(24)33)16-27-28(34)32-29(35-27)31-25-10-5-7-20-6-1-2-8-23(20)25/h1-16,18H,17H2,(H,31,32,34)/b27-16-. The first-order valence-electron chi connectivity index (χ1n) is 11.2. The second-order valence-corrected chi connectivity index (χ2v) is 9.80. The lowest BCUT2D eigenvalue weighted by atomic mass is 10.1. The Morgan fingerprint density at radius 1 is 0.886 bits per heavy atom. The summed E-state index contributed by atoms with van der Waals surface area (Å²) in [6.07, 6.45) is 4.05. The number of amides is 1. The fourth-order valence-corrected chi connectivity index (χ4v) is 5.30. The van der Waals surface area contributed by atoms with Crippen molar-refractivity contribution in [2.24, 2.45) is 4.99 Å². The van der Waals surface area contributed by atoms with Crippen molar-refractivity contribution >= 4 is 67.9 Å². The predicted octanol–water partition coefficient (Wildman–Crippen LogP) is 7.39. The first-order chi connectivity index (χ1) is 17.1. The van der Waals surface area contributed by atoms with Crippen LogP contribution < -0.4 is 5.32 Å². The van der Waals surface area contributed by atoms with Crippen molar-refractivity contribution in [2.75, 3.05) is 0 Å². The number of thioether (sulfide) groups is 1. The lowest BCUT2D eigenvalue weighted by Crippen LogP contribution is -2.19. The van der Waals surface area contributed by atoms with Gasteiger partial charge in [-0.25, -0.2) is 4.99 Å². The van der Waals surface area contributed by atoms with Crippen LogP contribution in [0.3, 0.4) is 0 Å². The Kier molecular flexibility index (Phi) is 5.64. The van der Waals surface area contributed by atoms with Gasteiger partial charge in [0.1, 0.15) is 0 Å². The molecular formula is C29H20ClN3OS. The van der Waals surface area contributed by atoms with Gasteiger partial charge in [0, 0.05) is 39.6 Å². The lowest BCUT2D eigenvalue weighted by molar-refractivity contribution is -0.115. The minimum atomic E-state index is -0.136. The largest absolute Gasteiger partial charge is 0.342 e. The molecule has 1 fully saturated rings. The van der Waals surface area contributed by atoms with Crippen molar-refractivity contribution in [1.82, 2.24) is 9.88 Å². The second-order valence-electron chi connectivity index (χ2n) is 8.34. The lowest BCUT2D eigenvalue weighted by Gasteiger charge is -2.05. The molecule has 0 spiro atoms. The summed E-state index contributed by atoms with van der Waals surface area (Å²) in [5.41, 5.74) is 4.11. The average molecular weight is 494 g/mol. The third-order valence-corrected chi connectivity index (χ3v) is 7.17. The number of benzene rings is 4. The SMILES string of the molecule is O=C1NC(=Nc2cccc3ccccc23)S/C1=C\c1cn(Cc2ccc(Cl)cc2)c2ccccc12. The third kappa shape index (κ3) is 4.36. The molecule has 0 bridgehead atoms. The maximum atomic E-state index is 12.8. The van der Waals surface area contributed by atoms with Crippen molar-refractivity contribution in [3.8, 4) is 0 Å². The van der Waals surface area contributed by atoms with Crippen LogP contribution in [-0.4, -0.2) is 15.6 Å². The monoisotopic (exact) mass is 493 g/mol. The molecule has 1 amide bonds. The van der Waals surface area contributed by atoms with E-state index >= 15 is 0 Å². The molecule has 0 aliphatic carbocycles. The summed E-state index contributed by atoms with van der Waals surface area (Å²) < 4.78 is 2.20. The van der Waals surface area contributed by atoms with Crippen LogP contribution in [0.25, 0.3) is 27.8 Å². The van der Waals surface area contributed by atoms with Crippen LogP contribution in [0.5, 0.6) is 0 Å². The fraction of sp³-hybridized carbons (Fsp3) is 0.0345. The fourth-order valence-electron chi connectivity index (χ4n) is 4.34. The number of rotatable bonds is 4. The molecule has 0 saturated carbocycles. The van der Waals surface area contributed by atoms with Crippen LogP contribution in [0.2, 0.25) is 5.02 Å². The number of aliphatic imine (C=N–C) groups is 1. The minimum Gasteiger partial charge on any atom is -0.342 e. The molecule has 6 heteroatoms. The number of carbonyl (C=O) groups excluding carboxylic acids is 1. The summed E-state index contributed by atoms with van der Waals surface area (Å²) in [5, 5.41) is 7.51. The first kappa shape index (κ1) is 21.7. The summed E-state index contributed by atoms with van der Waals surface area (Å²) >= 11 is 7.42. The summed E-state index contributed by atoms with van der Waals surface area (Å²) in [4.78, 5) is 18.2. The zero-order valence-electron chi connectivity index (χ0n) is 18.6. The van der Waals surface area contributed by atoms with Gasteiger partial charge in [-0.15, -0.1) is 0 Å². The van der Waals surface area contributed by atoms with Gasteiger partial charge in [-0.05, 0) is 53.1 Å². The van der Waals surface area contributed by atoms with E-state index in [4.69, 9.17) is 16.6 Å². The summed E-state index contributed by atoms with van der Waals surface area (Å²) in [6.45, 7) is 0.716. The first-order valence-corrected chi connectivity index (χ1v) is 12.4. The Bertz CT molecular complexity index is 1650. The molecule has 2 heterocycles. The molecule has 1 N–H and O–H groups in total. The molecule has 1 aliphatic heterocycles. The third-order valence-electron chi connectivity index (χ3n) is 6.01. The van der Waals surface area contributed by atoms with Crippen molar-refractivity contribution < 1.29 is 4.79 Å². The molecular weight excluding hydrogens is 474 g/mol. The van der Waals surface area contributed by atoms with Crippen LogP contribution in [0.1, 0.15) is 11.1 Å². The molecule has 1 saturated heterocycles. The number of nitrogens with zero attached hydrogens (tertiary/aromatic N) is 2. The normalized spacial score (nSPS) is 16.0. The van der Waals surface area contributed by atoms with Crippen LogP contribution >= 0.6 is 23.4 Å². The molecule has 4 nitrogen and oxygen atoms in total. The van der Waals surface area contributed by atoms with E-state index in [2.05, 4.69) is 40.3 Å². The van der Waals surface area contributed by atoms with Gasteiger partial charge in [0.05, 0.1) is 10.6 Å². The highest BCUT2D eigenvalue weighted by atomic mass is 35.5. The Morgan fingerprint density at radius 2 is 1.63 bits per heavy atom. The van der Waals surface area contributed by atoms with Crippen LogP contribution in [0.4, 0.5) is 5.69 Å². The molecule has 5 aromatic rings. The highest BCUT2D eigenvalue weighted by Gasteiger charge is 2.24. The van der Waals surface area contributed by atoms with Gasteiger partial charge in [-0.2, -0.15) is 0 Å². The van der Waals surface area contributed by atoms with E-state index in [0.717, 1.165) is 43.5 Å². The minimum absolute atomic E-state index is 0.136. The highest BCUT2D eigenvalue weighted by Crippen LogP contribution is 2.33. The van der Waals surface area contributed by atoms with Crippen LogP contribution in [-0.2, 0) is 11.3 Å². The Hall–Kier alpha value is -3.80. The van der Waals surface area contributed by atoms with Gasteiger partial charge in [-0.1, -0.05) is 78.3 Å². The van der Waals surface area contributed by atoms with Crippen molar-refractivity contribution in [2.45, 2.75) is 6.54 Å². The molecule has 1 aromatic heterocycles. The van der Waals surface area contributed by atoms with Gasteiger partial charge in [-0.3, -0.25) is 4.79 Å². The number of hydrogen-bond acceptors (Lipinski definition) is 3. The molecule has 4 aromatic carbocycles. The van der Waals surface area contributed by atoms with E-state index in [1.807, 2.05) is 72.8 Å². The smallest absolute Gasteiger partial charge is 0.264 e. The summed E-state index contributed by atoms with van der Waals surface area (Å²) in [7, 11) is 0. The molecule has 35 heavy (non-hydrogen) atoms. The van der Waals surface area contributed by atoms with E-state index in [1.165, 1.54) is 11.8 Å². The van der Waals surface area contributed by atoms with Crippen molar-refractivity contribution in [3.05, 3.63) is 118 Å². The maximum Gasteiger partial charge on any atom is 0.264 e. The molecule has 0 atom stereocenters. The van der Waals surface area contributed by atoms with Crippen molar-refractivity contribution in [3.63, 3.8) is 0 Å². The Labute approximate surface area is 211 Å². The number of fused-ring (bicyclic) bond motifs is 2. The molecule has 0 radical (unpaired) electrons.